The molecular formula is C11H15Cl2F3N2. The second-order valence-electron chi connectivity index (χ2n) is 3.77. The summed E-state index contributed by atoms with van der Waals surface area (Å²) in [7, 11) is 0. The van der Waals surface area contributed by atoms with E-state index in [2.05, 4.69) is 0 Å². The molecule has 0 aliphatic rings. The molecule has 1 rings (SSSR count). The van der Waals surface area contributed by atoms with Crippen LogP contribution < -0.4 is 11.5 Å². The molecule has 0 aromatic heterocycles. The van der Waals surface area contributed by atoms with Crippen LogP contribution >= 0.6 is 24.0 Å². The van der Waals surface area contributed by atoms with Crippen molar-refractivity contribution in [2.45, 2.75) is 25.1 Å². The summed E-state index contributed by atoms with van der Waals surface area (Å²) >= 11 is 5.57. The first kappa shape index (κ1) is 17.5. The van der Waals surface area contributed by atoms with Gasteiger partial charge in [0.05, 0.1) is 5.56 Å². The summed E-state index contributed by atoms with van der Waals surface area (Å²) < 4.78 is 38.3. The summed E-state index contributed by atoms with van der Waals surface area (Å²) in [4.78, 5) is 0. The zero-order chi connectivity index (χ0) is 13.1. The lowest BCUT2D eigenvalue weighted by Crippen LogP contribution is -2.18. The molecule has 104 valence electrons. The molecule has 4 N–H and O–H groups in total. The van der Waals surface area contributed by atoms with Gasteiger partial charge in [0.25, 0.3) is 0 Å². The fourth-order valence-electron chi connectivity index (χ4n) is 1.59. The molecule has 0 radical (unpaired) electrons. The highest BCUT2D eigenvalue weighted by molar-refractivity contribution is 6.30. The highest BCUT2D eigenvalue weighted by atomic mass is 35.5. The van der Waals surface area contributed by atoms with E-state index >= 15 is 0 Å². The van der Waals surface area contributed by atoms with Crippen molar-refractivity contribution in [1.29, 1.82) is 0 Å². The average Bonchev–Trinajstić information content (AvgIpc) is 2.24. The predicted molar refractivity (Wildman–Crippen MR) is 68.9 cm³/mol. The van der Waals surface area contributed by atoms with E-state index in [1.54, 1.807) is 0 Å². The van der Waals surface area contributed by atoms with Gasteiger partial charge in [-0.15, -0.1) is 12.4 Å². The molecular weight excluding hydrogens is 288 g/mol. The first-order valence-electron chi connectivity index (χ1n) is 5.18. The van der Waals surface area contributed by atoms with Gasteiger partial charge in [0, 0.05) is 11.1 Å². The van der Waals surface area contributed by atoms with Crippen LogP contribution in [0.1, 0.15) is 30.0 Å². The number of hydrogen-bond acceptors (Lipinski definition) is 2. The molecule has 7 heteroatoms. The van der Waals surface area contributed by atoms with Crippen molar-refractivity contribution >= 4 is 24.0 Å². The van der Waals surface area contributed by atoms with Gasteiger partial charge in [0.2, 0.25) is 0 Å². The third-order valence-electron chi connectivity index (χ3n) is 2.44. The highest BCUT2D eigenvalue weighted by Gasteiger charge is 2.34. The second kappa shape index (κ2) is 7.19. The van der Waals surface area contributed by atoms with E-state index in [1.165, 1.54) is 12.1 Å². The Bertz CT molecular complexity index is 383. The molecule has 0 aliphatic carbocycles. The highest BCUT2D eigenvalue weighted by Crippen LogP contribution is 2.36. The van der Waals surface area contributed by atoms with Crippen molar-refractivity contribution in [3.05, 3.63) is 34.3 Å². The quantitative estimate of drug-likeness (QED) is 0.894. The number of rotatable bonds is 4. The first-order valence-corrected chi connectivity index (χ1v) is 5.56. The summed E-state index contributed by atoms with van der Waals surface area (Å²) in [5.74, 6) is 0. The monoisotopic (exact) mass is 302 g/mol. The third kappa shape index (κ3) is 4.65. The van der Waals surface area contributed by atoms with E-state index in [1.807, 2.05) is 0 Å². The number of hydrogen-bond donors (Lipinski definition) is 2. The molecule has 0 bridgehead atoms. The summed E-state index contributed by atoms with van der Waals surface area (Å²) in [5.41, 5.74) is 10.3. The third-order valence-corrected chi connectivity index (χ3v) is 2.67. The van der Waals surface area contributed by atoms with E-state index in [0.717, 1.165) is 6.07 Å². The molecule has 0 fully saturated rings. The van der Waals surface area contributed by atoms with Crippen molar-refractivity contribution in [2.75, 3.05) is 6.54 Å². The molecule has 0 saturated carbocycles. The Morgan fingerprint density at radius 2 is 1.89 bits per heavy atom. The van der Waals surface area contributed by atoms with Gasteiger partial charge >= 0.3 is 6.18 Å². The van der Waals surface area contributed by atoms with Crippen molar-refractivity contribution in [2.24, 2.45) is 11.5 Å². The maximum Gasteiger partial charge on any atom is 0.416 e. The Hall–Kier alpha value is -0.490. The molecule has 0 amide bonds. The van der Waals surface area contributed by atoms with Gasteiger partial charge in [0.15, 0.2) is 0 Å². The summed E-state index contributed by atoms with van der Waals surface area (Å²) in [6.45, 7) is 0.405. The standard InChI is InChI=1S/C11H14ClF3N2.ClH/c12-7-3-4-8(10(17)2-1-5-16)9(6-7)11(13,14)15;/h3-4,6,10H,1-2,5,16-17H2;1H/t10-;/m0./s1. The van der Waals surface area contributed by atoms with Crippen molar-refractivity contribution < 1.29 is 13.2 Å². The molecule has 18 heavy (non-hydrogen) atoms. The van der Waals surface area contributed by atoms with Crippen LogP contribution in [0.4, 0.5) is 13.2 Å². The Kier molecular flexibility index (Phi) is 6.99. The van der Waals surface area contributed by atoms with Crippen LogP contribution in [0.3, 0.4) is 0 Å². The maximum absolute atomic E-state index is 12.8. The van der Waals surface area contributed by atoms with Gasteiger partial charge in [-0.3, -0.25) is 0 Å². The van der Waals surface area contributed by atoms with E-state index in [-0.39, 0.29) is 23.0 Å². The van der Waals surface area contributed by atoms with E-state index in [4.69, 9.17) is 23.1 Å². The predicted octanol–water partition coefficient (Wildman–Crippen LogP) is 3.52. The zero-order valence-corrected chi connectivity index (χ0v) is 11.1. The Morgan fingerprint density at radius 1 is 1.28 bits per heavy atom. The first-order chi connectivity index (χ1) is 7.86. The van der Waals surface area contributed by atoms with Gasteiger partial charge < -0.3 is 11.5 Å². The molecule has 0 heterocycles. The van der Waals surface area contributed by atoms with E-state index in [0.29, 0.717) is 19.4 Å². The minimum Gasteiger partial charge on any atom is -0.330 e. The Morgan fingerprint density at radius 3 is 2.39 bits per heavy atom. The van der Waals surface area contributed by atoms with Gasteiger partial charge in [-0.2, -0.15) is 13.2 Å². The summed E-state index contributed by atoms with van der Waals surface area (Å²) in [6, 6.07) is 2.97. The lowest BCUT2D eigenvalue weighted by Gasteiger charge is -2.18. The average molecular weight is 303 g/mol. The molecule has 0 spiro atoms. The lowest BCUT2D eigenvalue weighted by atomic mass is 9.97. The molecule has 0 saturated heterocycles. The minimum absolute atomic E-state index is 0. The molecule has 1 aromatic carbocycles. The Labute approximate surface area is 115 Å². The number of nitrogens with two attached hydrogens (primary N) is 2. The molecule has 0 unspecified atom stereocenters. The molecule has 1 atom stereocenters. The number of halogens is 5. The summed E-state index contributed by atoms with van der Waals surface area (Å²) in [5, 5.41) is 0.0482. The number of benzene rings is 1. The van der Waals surface area contributed by atoms with Crippen LogP contribution in [-0.2, 0) is 6.18 Å². The lowest BCUT2D eigenvalue weighted by molar-refractivity contribution is -0.138. The smallest absolute Gasteiger partial charge is 0.330 e. The van der Waals surface area contributed by atoms with Crippen LogP contribution in [0.2, 0.25) is 5.02 Å². The molecule has 0 aliphatic heterocycles. The van der Waals surface area contributed by atoms with E-state index < -0.39 is 17.8 Å². The second-order valence-corrected chi connectivity index (χ2v) is 4.20. The maximum atomic E-state index is 12.8. The van der Waals surface area contributed by atoms with Crippen molar-refractivity contribution in [3.63, 3.8) is 0 Å². The van der Waals surface area contributed by atoms with Crippen LogP contribution in [0.15, 0.2) is 18.2 Å². The Balaban J connectivity index is 0.00000289. The van der Waals surface area contributed by atoms with Crippen LogP contribution in [-0.4, -0.2) is 6.54 Å². The van der Waals surface area contributed by atoms with Gasteiger partial charge in [-0.05, 0) is 37.1 Å². The summed E-state index contributed by atoms with van der Waals surface area (Å²) in [6.07, 6.45) is -3.44. The minimum atomic E-state index is -4.44. The largest absolute Gasteiger partial charge is 0.416 e. The number of alkyl halides is 3. The van der Waals surface area contributed by atoms with Crippen molar-refractivity contribution in [1.82, 2.24) is 0 Å². The van der Waals surface area contributed by atoms with Crippen LogP contribution in [0, 0.1) is 0 Å². The van der Waals surface area contributed by atoms with Gasteiger partial charge in [0.1, 0.15) is 0 Å². The zero-order valence-electron chi connectivity index (χ0n) is 9.51. The molecule has 1 aromatic rings. The SMILES string of the molecule is Cl.NCCC[C@H](N)c1ccc(Cl)cc1C(F)(F)F. The fourth-order valence-corrected chi connectivity index (χ4v) is 1.76. The van der Waals surface area contributed by atoms with Gasteiger partial charge in [-0.1, -0.05) is 17.7 Å². The fraction of sp³-hybridized carbons (Fsp3) is 0.455. The van der Waals surface area contributed by atoms with Crippen molar-refractivity contribution in [3.8, 4) is 0 Å². The molecule has 2 nitrogen and oxygen atoms in total. The normalized spacial score (nSPS) is 13.0. The van der Waals surface area contributed by atoms with E-state index in [9.17, 15) is 13.2 Å². The van der Waals surface area contributed by atoms with Gasteiger partial charge in [-0.25, -0.2) is 0 Å². The topological polar surface area (TPSA) is 52.0 Å². The van der Waals surface area contributed by atoms with Crippen LogP contribution in [0.5, 0.6) is 0 Å². The van der Waals surface area contributed by atoms with Crippen LogP contribution in [0.25, 0.3) is 0 Å².